The number of amides is 1. The van der Waals surface area contributed by atoms with Gasteiger partial charge in [-0.1, -0.05) is 12.8 Å². The van der Waals surface area contributed by atoms with Crippen LogP contribution in [0.4, 0.5) is 0 Å². The molecule has 2 rings (SSSR count). The largest absolute Gasteiger partial charge is 0.357 e. The lowest BCUT2D eigenvalue weighted by Crippen LogP contribution is -2.41. The van der Waals surface area contributed by atoms with Gasteiger partial charge in [-0.15, -0.1) is 0 Å². The molecule has 2 aliphatic rings. The summed E-state index contributed by atoms with van der Waals surface area (Å²) in [4.78, 5) is 20.1. The lowest BCUT2D eigenvalue weighted by Gasteiger charge is -2.26. The number of rotatable bonds is 3. The first kappa shape index (κ1) is 15.1. The Balaban J connectivity index is 1.98. The first-order valence-corrected chi connectivity index (χ1v) is 7.80. The van der Waals surface area contributed by atoms with Crippen molar-refractivity contribution in [1.29, 1.82) is 0 Å². The van der Waals surface area contributed by atoms with Crippen molar-refractivity contribution < 1.29 is 4.79 Å². The fourth-order valence-corrected chi connectivity index (χ4v) is 3.36. The lowest BCUT2D eigenvalue weighted by molar-refractivity contribution is -0.127. The van der Waals surface area contributed by atoms with Crippen LogP contribution in [0.1, 0.15) is 39.0 Å². The zero-order chi connectivity index (χ0) is 14.6. The van der Waals surface area contributed by atoms with E-state index in [-0.39, 0.29) is 12.5 Å². The summed E-state index contributed by atoms with van der Waals surface area (Å²) in [6.45, 7) is 5.33. The Morgan fingerprint density at radius 3 is 2.60 bits per heavy atom. The summed E-state index contributed by atoms with van der Waals surface area (Å²) >= 11 is 0. The van der Waals surface area contributed by atoms with Crippen molar-refractivity contribution in [3.8, 4) is 0 Å². The summed E-state index contributed by atoms with van der Waals surface area (Å²) in [7, 11) is 3.54. The van der Waals surface area contributed by atoms with Crippen molar-refractivity contribution in [3.63, 3.8) is 0 Å². The predicted molar refractivity (Wildman–Crippen MR) is 81.8 cm³/mol. The maximum Gasteiger partial charge on any atom is 0.243 e. The van der Waals surface area contributed by atoms with Crippen LogP contribution < -0.4 is 5.32 Å². The van der Waals surface area contributed by atoms with Crippen molar-refractivity contribution in [1.82, 2.24) is 15.1 Å². The van der Waals surface area contributed by atoms with Crippen molar-refractivity contribution in [3.05, 3.63) is 0 Å². The molecule has 1 aliphatic carbocycles. The number of carbonyl (C=O) groups is 1. The first-order valence-electron chi connectivity index (χ1n) is 7.80. The molecule has 2 fully saturated rings. The number of likely N-dealkylation sites (tertiary alicyclic amines) is 1. The number of hydrogen-bond acceptors (Lipinski definition) is 2. The van der Waals surface area contributed by atoms with Gasteiger partial charge in [-0.2, -0.15) is 0 Å². The first-order chi connectivity index (χ1) is 9.56. The molecule has 20 heavy (non-hydrogen) atoms. The van der Waals surface area contributed by atoms with Gasteiger partial charge in [0, 0.05) is 33.7 Å². The zero-order valence-electron chi connectivity index (χ0n) is 13.1. The van der Waals surface area contributed by atoms with Crippen LogP contribution in [0.5, 0.6) is 0 Å². The summed E-state index contributed by atoms with van der Waals surface area (Å²) < 4.78 is 0. The molecule has 0 radical (unpaired) electrons. The molecule has 5 heteroatoms. The lowest BCUT2D eigenvalue weighted by atomic mass is 9.86. The molecule has 114 valence electrons. The number of likely N-dealkylation sites (N-methyl/N-ethyl adjacent to an activating group) is 1. The highest BCUT2D eigenvalue weighted by Gasteiger charge is 2.41. The third kappa shape index (κ3) is 3.44. The van der Waals surface area contributed by atoms with Crippen LogP contribution >= 0.6 is 0 Å². The second-order valence-electron chi connectivity index (χ2n) is 6.34. The van der Waals surface area contributed by atoms with E-state index < -0.39 is 0 Å². The molecule has 5 nitrogen and oxygen atoms in total. The molecular weight excluding hydrogens is 252 g/mol. The van der Waals surface area contributed by atoms with Gasteiger partial charge >= 0.3 is 0 Å². The van der Waals surface area contributed by atoms with Gasteiger partial charge in [0.05, 0.1) is 0 Å². The molecule has 1 heterocycles. The molecule has 0 aromatic carbocycles. The van der Waals surface area contributed by atoms with Gasteiger partial charge in [0.1, 0.15) is 6.54 Å². The van der Waals surface area contributed by atoms with E-state index in [1.54, 1.807) is 19.0 Å². The summed E-state index contributed by atoms with van der Waals surface area (Å²) in [5, 5.41) is 3.33. The number of nitrogens with zero attached hydrogens (tertiary/aromatic N) is 3. The van der Waals surface area contributed by atoms with Crippen LogP contribution in [0, 0.1) is 5.41 Å². The van der Waals surface area contributed by atoms with Crippen LogP contribution in [0.15, 0.2) is 4.99 Å². The molecule has 0 atom stereocenters. The van der Waals surface area contributed by atoms with Crippen molar-refractivity contribution in [2.45, 2.75) is 39.0 Å². The molecule has 1 saturated heterocycles. The fourth-order valence-electron chi connectivity index (χ4n) is 3.36. The quantitative estimate of drug-likeness (QED) is 0.626. The fraction of sp³-hybridized carbons (Fsp3) is 0.867. The van der Waals surface area contributed by atoms with E-state index in [0.29, 0.717) is 5.41 Å². The summed E-state index contributed by atoms with van der Waals surface area (Å²) in [5.74, 6) is 0.960. The second-order valence-corrected chi connectivity index (χ2v) is 6.34. The molecule has 1 spiro atoms. The smallest absolute Gasteiger partial charge is 0.243 e. The molecule has 0 bridgehead atoms. The standard InChI is InChI=1S/C15H28N4O/c1-4-16-14(17-11-13(20)18(2)3)19-10-9-15(12-19)7-5-6-8-15/h4-12H2,1-3H3,(H,16,17). The van der Waals surface area contributed by atoms with E-state index in [0.717, 1.165) is 25.6 Å². The van der Waals surface area contributed by atoms with Gasteiger partial charge in [-0.05, 0) is 31.6 Å². The number of carbonyl (C=O) groups excluding carboxylic acids is 1. The summed E-state index contributed by atoms with van der Waals surface area (Å²) in [6.07, 6.45) is 6.75. The molecule has 0 aromatic rings. The number of nitrogens with one attached hydrogen (secondary N) is 1. The molecule has 1 N–H and O–H groups in total. The summed E-state index contributed by atoms with van der Waals surface area (Å²) in [6, 6.07) is 0. The average Bonchev–Trinajstić information content (AvgIpc) is 3.05. The molecule has 1 saturated carbocycles. The molecular formula is C15H28N4O. The van der Waals surface area contributed by atoms with Crippen LogP contribution in [0.3, 0.4) is 0 Å². The number of hydrogen-bond donors (Lipinski definition) is 1. The van der Waals surface area contributed by atoms with Crippen LogP contribution in [0.25, 0.3) is 0 Å². The highest BCUT2D eigenvalue weighted by molar-refractivity contribution is 5.85. The predicted octanol–water partition coefficient (Wildman–Crippen LogP) is 1.31. The van der Waals surface area contributed by atoms with Gasteiger partial charge < -0.3 is 15.1 Å². The topological polar surface area (TPSA) is 47.9 Å². The Morgan fingerprint density at radius 2 is 2.00 bits per heavy atom. The van der Waals surface area contributed by atoms with Gasteiger partial charge in [0.2, 0.25) is 5.91 Å². The van der Waals surface area contributed by atoms with Crippen LogP contribution in [-0.4, -0.2) is 61.9 Å². The normalized spacial score (nSPS) is 21.6. The average molecular weight is 280 g/mol. The minimum absolute atomic E-state index is 0.0511. The van der Waals surface area contributed by atoms with E-state index in [4.69, 9.17) is 0 Å². The Hall–Kier alpha value is -1.26. The van der Waals surface area contributed by atoms with Gasteiger partial charge in [-0.25, -0.2) is 4.99 Å². The number of aliphatic imine (C=N–C) groups is 1. The monoisotopic (exact) mass is 280 g/mol. The van der Waals surface area contributed by atoms with Crippen LogP contribution in [0.2, 0.25) is 0 Å². The van der Waals surface area contributed by atoms with Crippen molar-refractivity contribution in [2.24, 2.45) is 10.4 Å². The SMILES string of the molecule is CCNC(=NCC(=O)N(C)C)N1CCC2(CCCC2)C1. The third-order valence-corrected chi connectivity index (χ3v) is 4.60. The van der Waals surface area contributed by atoms with Gasteiger partial charge in [0.25, 0.3) is 0 Å². The molecule has 0 unspecified atom stereocenters. The van der Waals surface area contributed by atoms with E-state index in [1.807, 2.05) is 0 Å². The highest BCUT2D eigenvalue weighted by atomic mass is 16.2. The van der Waals surface area contributed by atoms with Crippen molar-refractivity contribution in [2.75, 3.05) is 40.3 Å². The molecule has 1 amide bonds. The Labute approximate surface area is 122 Å². The number of guanidine groups is 1. The van der Waals surface area contributed by atoms with E-state index in [9.17, 15) is 4.79 Å². The minimum atomic E-state index is 0.0511. The van der Waals surface area contributed by atoms with E-state index >= 15 is 0 Å². The second kappa shape index (κ2) is 6.46. The van der Waals surface area contributed by atoms with Crippen LogP contribution in [-0.2, 0) is 4.79 Å². The maximum atomic E-state index is 11.7. The van der Waals surface area contributed by atoms with Gasteiger partial charge in [0.15, 0.2) is 5.96 Å². The van der Waals surface area contributed by atoms with Crippen molar-refractivity contribution >= 4 is 11.9 Å². The summed E-state index contributed by atoms with van der Waals surface area (Å²) in [5.41, 5.74) is 0.530. The molecule has 1 aliphatic heterocycles. The Morgan fingerprint density at radius 1 is 1.30 bits per heavy atom. The maximum absolute atomic E-state index is 11.7. The Bertz CT molecular complexity index is 372. The molecule has 0 aromatic heterocycles. The van der Waals surface area contributed by atoms with E-state index in [2.05, 4.69) is 22.1 Å². The highest BCUT2D eigenvalue weighted by Crippen LogP contribution is 2.45. The Kier molecular flexibility index (Phi) is 4.89. The minimum Gasteiger partial charge on any atom is -0.357 e. The van der Waals surface area contributed by atoms with Gasteiger partial charge in [-0.3, -0.25) is 4.79 Å². The van der Waals surface area contributed by atoms with E-state index in [1.165, 1.54) is 32.1 Å². The third-order valence-electron chi connectivity index (χ3n) is 4.60. The zero-order valence-corrected chi connectivity index (χ0v) is 13.1.